The first-order chi connectivity index (χ1) is 19.8. The van der Waals surface area contributed by atoms with Gasteiger partial charge in [-0.1, -0.05) is 12.0 Å². The standard InChI is InChI=1S/C29H27N5O4S3/c1-2-20-5-6-22-16-27(39-24(22)15-20)41(37,38)33-13-14-34(23(19-33)17-26(35)32-11-3-4-12-32)29(36)28-31-18-25(40-28)21-7-9-30-10-8-21/h1,5-10,15-16,18,23H,3-4,11-14,17,19H2. The first-order valence-electron chi connectivity index (χ1n) is 13.3. The van der Waals surface area contributed by atoms with Crippen molar-refractivity contribution in [2.75, 3.05) is 32.7 Å². The highest BCUT2D eigenvalue weighted by Crippen LogP contribution is 2.34. The molecule has 12 heteroatoms. The van der Waals surface area contributed by atoms with E-state index in [1.54, 1.807) is 46.6 Å². The largest absolute Gasteiger partial charge is 0.343 e. The third-order valence-corrected chi connectivity index (χ3v) is 11.9. The predicted molar refractivity (Wildman–Crippen MR) is 159 cm³/mol. The summed E-state index contributed by atoms with van der Waals surface area (Å²) < 4.78 is 30.0. The van der Waals surface area contributed by atoms with Crippen LogP contribution in [0.1, 0.15) is 34.6 Å². The summed E-state index contributed by atoms with van der Waals surface area (Å²) in [5, 5.41) is 1.11. The normalized spacial score (nSPS) is 18.1. The monoisotopic (exact) mass is 605 g/mol. The van der Waals surface area contributed by atoms with Crippen LogP contribution in [0.2, 0.25) is 0 Å². The first-order valence-corrected chi connectivity index (χ1v) is 16.4. The van der Waals surface area contributed by atoms with E-state index in [4.69, 9.17) is 6.42 Å². The van der Waals surface area contributed by atoms with Crippen molar-refractivity contribution in [3.63, 3.8) is 0 Å². The second-order valence-corrected chi connectivity index (χ2v) is 14.3. The number of sulfonamides is 1. The van der Waals surface area contributed by atoms with Crippen molar-refractivity contribution in [2.24, 2.45) is 0 Å². The molecule has 1 atom stereocenters. The van der Waals surface area contributed by atoms with Gasteiger partial charge in [-0.3, -0.25) is 14.6 Å². The first kappa shape index (κ1) is 27.5. The van der Waals surface area contributed by atoms with Crippen molar-refractivity contribution in [2.45, 2.75) is 29.5 Å². The van der Waals surface area contributed by atoms with Crippen LogP contribution in [0.4, 0.5) is 0 Å². The number of thiazole rings is 1. The molecule has 2 fully saturated rings. The zero-order valence-electron chi connectivity index (χ0n) is 22.1. The molecule has 0 radical (unpaired) electrons. The highest BCUT2D eigenvalue weighted by molar-refractivity contribution is 7.91. The number of benzene rings is 1. The van der Waals surface area contributed by atoms with Gasteiger partial charge in [0.15, 0.2) is 5.01 Å². The van der Waals surface area contributed by atoms with Crippen molar-refractivity contribution in [3.8, 4) is 22.8 Å². The molecular weight excluding hydrogens is 579 g/mol. The van der Waals surface area contributed by atoms with E-state index < -0.39 is 16.1 Å². The molecule has 4 aromatic rings. The minimum Gasteiger partial charge on any atom is -0.343 e. The van der Waals surface area contributed by atoms with Gasteiger partial charge in [0, 0.05) is 68.0 Å². The Hall–Kier alpha value is -3.63. The lowest BCUT2D eigenvalue weighted by atomic mass is 10.1. The average Bonchev–Trinajstić information content (AvgIpc) is 3.78. The summed E-state index contributed by atoms with van der Waals surface area (Å²) in [6.07, 6.45) is 12.5. The smallest absolute Gasteiger partial charge is 0.283 e. The summed E-state index contributed by atoms with van der Waals surface area (Å²) in [4.78, 5) is 39.6. The van der Waals surface area contributed by atoms with E-state index in [1.165, 1.54) is 27.0 Å². The lowest BCUT2D eigenvalue weighted by molar-refractivity contribution is -0.131. The van der Waals surface area contributed by atoms with Gasteiger partial charge in [0.2, 0.25) is 5.91 Å². The fourth-order valence-corrected chi connectivity index (χ4v) is 9.22. The molecule has 2 saturated heterocycles. The van der Waals surface area contributed by atoms with Crippen molar-refractivity contribution in [1.82, 2.24) is 24.1 Å². The van der Waals surface area contributed by atoms with Crippen molar-refractivity contribution < 1.29 is 18.0 Å². The van der Waals surface area contributed by atoms with Crippen LogP contribution in [-0.4, -0.2) is 83.1 Å². The zero-order valence-corrected chi connectivity index (χ0v) is 24.6. The van der Waals surface area contributed by atoms with E-state index in [0.29, 0.717) is 23.7 Å². The Kier molecular flexibility index (Phi) is 7.61. The Morgan fingerprint density at radius 2 is 1.80 bits per heavy atom. The van der Waals surface area contributed by atoms with Crippen LogP contribution < -0.4 is 0 Å². The van der Waals surface area contributed by atoms with Crippen LogP contribution in [0.25, 0.3) is 20.5 Å². The lowest BCUT2D eigenvalue weighted by Crippen LogP contribution is -2.57. The predicted octanol–water partition coefficient (Wildman–Crippen LogP) is 3.93. The minimum absolute atomic E-state index is 0.0279. The van der Waals surface area contributed by atoms with E-state index in [1.807, 2.05) is 18.2 Å². The Morgan fingerprint density at radius 1 is 1.02 bits per heavy atom. The highest BCUT2D eigenvalue weighted by Gasteiger charge is 2.39. The highest BCUT2D eigenvalue weighted by atomic mass is 32.2. The third kappa shape index (κ3) is 5.50. The van der Waals surface area contributed by atoms with E-state index in [0.717, 1.165) is 33.4 Å². The molecule has 0 saturated carbocycles. The molecule has 2 aliphatic rings. The Morgan fingerprint density at radius 3 is 2.56 bits per heavy atom. The number of aromatic nitrogens is 2. The van der Waals surface area contributed by atoms with Gasteiger partial charge >= 0.3 is 0 Å². The molecule has 5 heterocycles. The van der Waals surface area contributed by atoms with Gasteiger partial charge in [-0.15, -0.1) is 29.1 Å². The molecule has 6 rings (SSSR count). The molecule has 9 nitrogen and oxygen atoms in total. The number of likely N-dealkylation sites (tertiary alicyclic amines) is 1. The van der Waals surface area contributed by atoms with Gasteiger partial charge in [0.25, 0.3) is 15.9 Å². The lowest BCUT2D eigenvalue weighted by Gasteiger charge is -2.40. The number of carbonyl (C=O) groups excluding carboxylic acids is 2. The number of hydrogen-bond donors (Lipinski definition) is 0. The number of amides is 2. The summed E-state index contributed by atoms with van der Waals surface area (Å²) in [6.45, 7) is 1.68. The molecule has 0 aliphatic carbocycles. The number of hydrogen-bond acceptors (Lipinski definition) is 8. The minimum atomic E-state index is -3.86. The molecule has 2 aliphatic heterocycles. The fraction of sp³-hybridized carbons (Fsp3) is 0.310. The number of rotatable bonds is 6. The number of nitrogens with zero attached hydrogens (tertiary/aromatic N) is 5. The second kappa shape index (κ2) is 11.3. The van der Waals surface area contributed by atoms with Crippen molar-refractivity contribution in [3.05, 3.63) is 65.6 Å². The molecule has 41 heavy (non-hydrogen) atoms. The van der Waals surface area contributed by atoms with Gasteiger partial charge in [0.05, 0.1) is 10.9 Å². The Balaban J connectivity index is 1.27. The van der Waals surface area contributed by atoms with Gasteiger partial charge < -0.3 is 9.80 Å². The molecule has 1 aromatic carbocycles. The molecular formula is C29H27N5O4S3. The number of piperazine rings is 1. The van der Waals surface area contributed by atoms with Crippen LogP contribution in [0.5, 0.6) is 0 Å². The molecule has 2 amide bonds. The van der Waals surface area contributed by atoms with Gasteiger partial charge in [-0.2, -0.15) is 4.31 Å². The van der Waals surface area contributed by atoms with E-state index in [2.05, 4.69) is 15.9 Å². The maximum atomic E-state index is 13.8. The molecule has 1 unspecified atom stereocenters. The summed E-state index contributed by atoms with van der Waals surface area (Å²) in [5.74, 6) is 2.22. The number of fused-ring (bicyclic) bond motifs is 1. The van der Waals surface area contributed by atoms with E-state index >= 15 is 0 Å². The summed E-state index contributed by atoms with van der Waals surface area (Å²) >= 11 is 2.45. The molecule has 210 valence electrons. The number of pyridine rings is 1. The summed E-state index contributed by atoms with van der Waals surface area (Å²) in [7, 11) is -3.86. The topological polar surface area (TPSA) is 104 Å². The second-order valence-electron chi connectivity index (χ2n) is 10.0. The SMILES string of the molecule is C#Cc1ccc2cc(S(=O)(=O)N3CCN(C(=O)c4ncc(-c5ccncc5)s4)C(CC(=O)N4CCCC4)C3)sc2c1. The van der Waals surface area contributed by atoms with Crippen molar-refractivity contribution >= 4 is 54.6 Å². The third-order valence-electron chi connectivity index (χ3n) is 7.49. The molecule has 3 aromatic heterocycles. The van der Waals surface area contributed by atoms with Gasteiger partial charge in [-0.25, -0.2) is 13.4 Å². The number of thiophene rings is 1. The van der Waals surface area contributed by atoms with Crippen LogP contribution in [0, 0.1) is 12.3 Å². The maximum Gasteiger partial charge on any atom is 0.283 e. The van der Waals surface area contributed by atoms with Gasteiger partial charge in [-0.05, 0) is 54.1 Å². The van der Waals surface area contributed by atoms with Crippen LogP contribution in [0.3, 0.4) is 0 Å². The number of carbonyl (C=O) groups is 2. The fourth-order valence-electron chi connectivity index (χ4n) is 5.28. The van der Waals surface area contributed by atoms with E-state index in [9.17, 15) is 18.0 Å². The molecule has 0 spiro atoms. The van der Waals surface area contributed by atoms with Crippen LogP contribution >= 0.6 is 22.7 Å². The average molecular weight is 606 g/mol. The van der Waals surface area contributed by atoms with Gasteiger partial charge in [0.1, 0.15) is 4.21 Å². The summed E-state index contributed by atoms with van der Waals surface area (Å²) in [6, 6.07) is 10.2. The molecule has 0 N–H and O–H groups in total. The van der Waals surface area contributed by atoms with E-state index in [-0.39, 0.29) is 42.1 Å². The zero-order chi connectivity index (χ0) is 28.6. The maximum absolute atomic E-state index is 13.8. The quantitative estimate of drug-likeness (QED) is 0.309. The summed E-state index contributed by atoms with van der Waals surface area (Å²) in [5.41, 5.74) is 1.59. The van der Waals surface area contributed by atoms with Crippen LogP contribution in [0.15, 0.2) is 59.2 Å². The molecule has 0 bridgehead atoms. The Labute approximate surface area is 246 Å². The van der Waals surface area contributed by atoms with Crippen LogP contribution in [-0.2, 0) is 14.8 Å². The van der Waals surface area contributed by atoms with Crippen molar-refractivity contribution in [1.29, 1.82) is 0 Å². The Bertz CT molecular complexity index is 1750. The number of terminal acetylenes is 1.